The van der Waals surface area contributed by atoms with Gasteiger partial charge in [-0.1, -0.05) is 25.7 Å². The summed E-state index contributed by atoms with van der Waals surface area (Å²) in [5, 5.41) is 0. The third-order valence-corrected chi connectivity index (χ3v) is 7.65. The standard InChI is InChI=1S/C17H36O5Si/c1-4-18-13-15-21-23(20-6-3,22-16-14-19-5-2)17-11-9-7-8-10-12-17/h17H,4-16H2,1-3H3. The summed E-state index contributed by atoms with van der Waals surface area (Å²) in [6.45, 7) is 10.4. The van der Waals surface area contributed by atoms with Gasteiger partial charge in [0.15, 0.2) is 0 Å². The maximum Gasteiger partial charge on any atom is 0.504 e. The van der Waals surface area contributed by atoms with E-state index in [4.69, 9.17) is 22.8 Å². The van der Waals surface area contributed by atoms with Crippen molar-refractivity contribution in [3.05, 3.63) is 0 Å². The molecule has 1 fully saturated rings. The van der Waals surface area contributed by atoms with Crippen molar-refractivity contribution >= 4 is 8.80 Å². The molecular weight excluding hydrogens is 312 g/mol. The van der Waals surface area contributed by atoms with Crippen molar-refractivity contribution in [2.24, 2.45) is 0 Å². The van der Waals surface area contributed by atoms with Gasteiger partial charge in [-0.15, -0.1) is 0 Å². The Balaban J connectivity index is 2.69. The fraction of sp³-hybridized carbons (Fsp3) is 1.00. The average Bonchev–Trinajstić information content (AvgIpc) is 2.85. The number of rotatable bonds is 13. The zero-order valence-corrected chi connectivity index (χ0v) is 16.3. The summed E-state index contributed by atoms with van der Waals surface area (Å²) in [7, 11) is -2.69. The number of hydrogen-bond acceptors (Lipinski definition) is 5. The third-order valence-electron chi connectivity index (χ3n) is 4.17. The fourth-order valence-electron chi connectivity index (χ4n) is 3.09. The van der Waals surface area contributed by atoms with E-state index in [1.807, 2.05) is 20.8 Å². The monoisotopic (exact) mass is 348 g/mol. The van der Waals surface area contributed by atoms with Crippen molar-refractivity contribution in [1.29, 1.82) is 0 Å². The predicted octanol–water partition coefficient (Wildman–Crippen LogP) is 3.79. The van der Waals surface area contributed by atoms with E-state index in [9.17, 15) is 0 Å². The Kier molecular flexibility index (Phi) is 12.2. The maximum atomic E-state index is 6.26. The van der Waals surface area contributed by atoms with Gasteiger partial charge >= 0.3 is 8.80 Å². The third kappa shape index (κ3) is 8.09. The van der Waals surface area contributed by atoms with Crippen LogP contribution in [0.4, 0.5) is 0 Å². The van der Waals surface area contributed by atoms with Crippen molar-refractivity contribution in [3.63, 3.8) is 0 Å². The summed E-state index contributed by atoms with van der Waals surface area (Å²) in [6, 6.07) is 0. The summed E-state index contributed by atoms with van der Waals surface area (Å²) in [6.07, 6.45) is 7.41. The highest BCUT2D eigenvalue weighted by Crippen LogP contribution is 2.38. The largest absolute Gasteiger partial charge is 0.504 e. The van der Waals surface area contributed by atoms with Crippen LogP contribution in [0, 0.1) is 0 Å². The molecule has 0 aromatic heterocycles. The molecule has 0 bridgehead atoms. The molecule has 1 rings (SSSR count). The molecule has 0 N–H and O–H groups in total. The van der Waals surface area contributed by atoms with Gasteiger partial charge in [-0.2, -0.15) is 0 Å². The van der Waals surface area contributed by atoms with Gasteiger partial charge in [-0.05, 0) is 33.6 Å². The minimum atomic E-state index is -2.69. The zero-order chi connectivity index (χ0) is 16.8. The fourth-order valence-corrected chi connectivity index (χ4v) is 6.30. The predicted molar refractivity (Wildman–Crippen MR) is 93.7 cm³/mol. The van der Waals surface area contributed by atoms with Gasteiger partial charge in [-0.3, -0.25) is 0 Å². The molecule has 6 heteroatoms. The van der Waals surface area contributed by atoms with E-state index in [0.29, 0.717) is 51.8 Å². The Morgan fingerprint density at radius 2 is 1.17 bits per heavy atom. The summed E-state index contributed by atoms with van der Waals surface area (Å²) in [5.41, 5.74) is 0.410. The topological polar surface area (TPSA) is 46.2 Å². The Hall–Kier alpha value is 0.0169. The summed E-state index contributed by atoms with van der Waals surface area (Å²) in [4.78, 5) is 0. The first-order chi connectivity index (χ1) is 11.3. The Bertz CT molecular complexity index is 258. The smallest absolute Gasteiger partial charge is 0.379 e. The van der Waals surface area contributed by atoms with E-state index >= 15 is 0 Å². The Labute approximate surface area is 143 Å². The number of ether oxygens (including phenoxy) is 2. The Morgan fingerprint density at radius 3 is 1.61 bits per heavy atom. The van der Waals surface area contributed by atoms with Crippen molar-refractivity contribution in [1.82, 2.24) is 0 Å². The Morgan fingerprint density at radius 1 is 0.652 bits per heavy atom. The van der Waals surface area contributed by atoms with E-state index in [-0.39, 0.29) is 0 Å². The molecule has 23 heavy (non-hydrogen) atoms. The highest BCUT2D eigenvalue weighted by molar-refractivity contribution is 6.62. The minimum Gasteiger partial charge on any atom is -0.379 e. The lowest BCUT2D eigenvalue weighted by molar-refractivity contribution is 0.0102. The van der Waals surface area contributed by atoms with Crippen LogP contribution < -0.4 is 0 Å². The first kappa shape index (κ1) is 21.1. The molecule has 5 nitrogen and oxygen atoms in total. The van der Waals surface area contributed by atoms with Gasteiger partial charge in [0.1, 0.15) is 0 Å². The van der Waals surface area contributed by atoms with Crippen LogP contribution in [0.3, 0.4) is 0 Å². The van der Waals surface area contributed by atoms with E-state index in [1.54, 1.807) is 0 Å². The van der Waals surface area contributed by atoms with Crippen molar-refractivity contribution in [3.8, 4) is 0 Å². The van der Waals surface area contributed by atoms with Gasteiger partial charge in [0.05, 0.1) is 26.4 Å². The molecule has 1 saturated carbocycles. The molecule has 0 saturated heterocycles. The molecule has 0 amide bonds. The molecule has 0 heterocycles. The maximum absolute atomic E-state index is 6.26. The second kappa shape index (κ2) is 13.3. The SMILES string of the molecule is CCOCCO[Si](OCC)(OCCOCC)C1CCCCCC1. The lowest BCUT2D eigenvalue weighted by Gasteiger charge is -2.35. The molecule has 138 valence electrons. The molecule has 1 aliphatic carbocycles. The van der Waals surface area contributed by atoms with Gasteiger partial charge in [0.2, 0.25) is 0 Å². The number of hydrogen-bond donors (Lipinski definition) is 0. The second-order valence-corrected chi connectivity index (χ2v) is 8.71. The van der Waals surface area contributed by atoms with Crippen LogP contribution in [0.2, 0.25) is 5.54 Å². The van der Waals surface area contributed by atoms with Gasteiger partial charge in [0.25, 0.3) is 0 Å². The van der Waals surface area contributed by atoms with Crippen LogP contribution in [0.15, 0.2) is 0 Å². The summed E-state index contributed by atoms with van der Waals surface area (Å²) in [5.74, 6) is 0. The van der Waals surface area contributed by atoms with Crippen LogP contribution in [0.1, 0.15) is 59.3 Å². The summed E-state index contributed by atoms with van der Waals surface area (Å²) >= 11 is 0. The van der Waals surface area contributed by atoms with E-state index in [0.717, 1.165) is 12.8 Å². The molecule has 0 aliphatic heterocycles. The van der Waals surface area contributed by atoms with Crippen molar-refractivity contribution < 1.29 is 22.8 Å². The second-order valence-electron chi connectivity index (χ2n) is 5.82. The highest BCUT2D eigenvalue weighted by Gasteiger charge is 2.49. The van der Waals surface area contributed by atoms with Crippen LogP contribution in [0.25, 0.3) is 0 Å². The molecule has 0 spiro atoms. The molecule has 0 radical (unpaired) electrons. The van der Waals surface area contributed by atoms with Gasteiger partial charge in [0, 0.05) is 25.4 Å². The van der Waals surface area contributed by atoms with Crippen LogP contribution in [-0.4, -0.2) is 55.1 Å². The van der Waals surface area contributed by atoms with Gasteiger partial charge < -0.3 is 22.8 Å². The molecule has 1 aliphatic rings. The van der Waals surface area contributed by atoms with Crippen LogP contribution >= 0.6 is 0 Å². The zero-order valence-electron chi connectivity index (χ0n) is 15.3. The molecular formula is C17H36O5Si. The summed E-state index contributed by atoms with van der Waals surface area (Å²) < 4.78 is 29.5. The lowest BCUT2D eigenvalue weighted by atomic mass is 10.2. The van der Waals surface area contributed by atoms with E-state index < -0.39 is 8.80 Å². The first-order valence-corrected chi connectivity index (χ1v) is 11.2. The van der Waals surface area contributed by atoms with Crippen molar-refractivity contribution in [2.45, 2.75) is 64.8 Å². The minimum absolute atomic E-state index is 0.410. The van der Waals surface area contributed by atoms with Crippen LogP contribution in [-0.2, 0) is 22.8 Å². The first-order valence-electron chi connectivity index (χ1n) is 9.36. The molecule has 0 unspecified atom stereocenters. The van der Waals surface area contributed by atoms with Gasteiger partial charge in [-0.25, -0.2) is 0 Å². The van der Waals surface area contributed by atoms with Crippen LogP contribution in [0.5, 0.6) is 0 Å². The van der Waals surface area contributed by atoms with Crippen molar-refractivity contribution in [2.75, 3.05) is 46.2 Å². The lowest BCUT2D eigenvalue weighted by Crippen LogP contribution is -2.51. The van der Waals surface area contributed by atoms with E-state index in [2.05, 4.69) is 0 Å². The van der Waals surface area contributed by atoms with E-state index in [1.165, 1.54) is 25.7 Å². The average molecular weight is 349 g/mol. The molecule has 0 atom stereocenters. The normalized spacial score (nSPS) is 17.3. The quantitative estimate of drug-likeness (QED) is 0.288. The highest BCUT2D eigenvalue weighted by atomic mass is 28.4. The molecule has 0 aromatic carbocycles. The molecule has 0 aromatic rings.